The first-order valence-electron chi connectivity index (χ1n) is 22.5. The Labute approximate surface area is 354 Å². The van der Waals surface area contributed by atoms with Crippen LogP contribution in [-0.4, -0.2) is 133 Å². The van der Waals surface area contributed by atoms with Gasteiger partial charge in [-0.3, -0.25) is 19.3 Å². The van der Waals surface area contributed by atoms with E-state index in [4.69, 9.17) is 23.1 Å². The van der Waals surface area contributed by atoms with Crippen molar-refractivity contribution in [3.8, 4) is 5.75 Å². The number of fused-ring (bicyclic) bond motifs is 6. The molecule has 320 valence electrons. The van der Waals surface area contributed by atoms with E-state index in [9.17, 15) is 24.6 Å². The van der Waals surface area contributed by atoms with Gasteiger partial charge in [-0.15, -0.1) is 0 Å². The number of anilines is 1. The molecule has 1 aromatic heterocycles. The molecule has 9 rings (SSSR count). The van der Waals surface area contributed by atoms with E-state index in [0.29, 0.717) is 60.4 Å². The van der Waals surface area contributed by atoms with Gasteiger partial charge in [-0.2, -0.15) is 0 Å². The third-order valence-corrected chi connectivity index (χ3v) is 15.5. The van der Waals surface area contributed by atoms with Gasteiger partial charge in [0.15, 0.2) is 6.10 Å². The third kappa shape index (κ3) is 5.04. The lowest BCUT2D eigenvalue weighted by Crippen LogP contribution is -2.81. The number of hydrogen-bond donors (Lipinski definition) is 3. The van der Waals surface area contributed by atoms with Gasteiger partial charge in [0.1, 0.15) is 11.2 Å². The lowest BCUT2D eigenvalue weighted by molar-refractivity contribution is -0.228. The smallest absolute Gasteiger partial charge is 0.344 e. The first-order chi connectivity index (χ1) is 29.8. The molecule has 6 heterocycles. The van der Waals surface area contributed by atoms with Crippen molar-refractivity contribution in [3.05, 3.63) is 70.9 Å². The number of ether oxygens (including phenoxy) is 4. The van der Waals surface area contributed by atoms with Gasteiger partial charge in [-0.25, -0.2) is 4.79 Å². The van der Waals surface area contributed by atoms with Crippen molar-refractivity contribution >= 4 is 40.4 Å². The summed E-state index contributed by atoms with van der Waals surface area (Å²) in [5.74, 6) is -3.88. The summed E-state index contributed by atoms with van der Waals surface area (Å²) in [6.07, 6.45) is 3.63. The third-order valence-electron chi connectivity index (χ3n) is 15.5. The van der Waals surface area contributed by atoms with Gasteiger partial charge in [0.05, 0.1) is 37.0 Å². The maximum atomic E-state index is 15.6. The zero-order valence-corrected chi connectivity index (χ0v) is 35.0. The molecule has 3 fully saturated rings. The molecule has 5 aliphatic heterocycles. The number of H-pyrrole nitrogens is 1. The van der Waals surface area contributed by atoms with Gasteiger partial charge in [0.2, 0.25) is 11.5 Å². The number of nitrogens with zero attached hydrogens (tertiary/aromatic N) is 3. The summed E-state index contributed by atoms with van der Waals surface area (Å²) in [7, 11) is 1.17. The van der Waals surface area contributed by atoms with Crippen LogP contribution in [0.5, 0.6) is 5.75 Å². The average Bonchev–Trinajstić information content (AvgIpc) is 3.90. The highest BCUT2D eigenvalue weighted by Crippen LogP contribution is 2.68. The zero-order chi connectivity index (χ0) is 45.2. The SMILES string of the molecule is [2H]C([2H])([2H])OC(=O)[C@]1(c2cc3c(cc2OC)N(C)[C@H]2[C@@](O)(C(=O)OC)[C@H](OC(C)=O)[C@]4(CC)C=CCN5CC[C@]32[C@@H]54)C[C@H]2C[C@@](O)(CC)CN(CCc3c1[nH]c1ccccc31)C2=O. The van der Waals surface area contributed by atoms with Crippen LogP contribution in [-0.2, 0) is 50.6 Å². The van der Waals surface area contributed by atoms with Crippen LogP contribution in [0.4, 0.5) is 5.69 Å². The van der Waals surface area contributed by atoms with Crippen LogP contribution >= 0.6 is 0 Å². The van der Waals surface area contributed by atoms with Crippen molar-refractivity contribution in [2.75, 3.05) is 59.4 Å². The molecule has 9 atom stereocenters. The normalized spacial score (nSPS) is 36.3. The molecule has 0 unspecified atom stereocenters. The number of rotatable bonds is 7. The highest BCUT2D eigenvalue weighted by Gasteiger charge is 2.80. The maximum absolute atomic E-state index is 15.6. The molecular formula is C46H56N4O10. The number of aliphatic hydroxyl groups is 2. The molecular weight excluding hydrogens is 769 g/mol. The van der Waals surface area contributed by atoms with E-state index >= 15 is 4.79 Å². The summed E-state index contributed by atoms with van der Waals surface area (Å²) in [5, 5.41) is 26.1. The van der Waals surface area contributed by atoms with E-state index in [2.05, 4.69) is 9.88 Å². The molecule has 14 heteroatoms. The molecule has 3 aromatic rings. The number of esters is 3. The van der Waals surface area contributed by atoms with Crippen molar-refractivity contribution in [2.24, 2.45) is 11.3 Å². The fraction of sp³-hybridized carbons (Fsp3) is 0.565. The number of aromatic amines is 1. The minimum Gasteiger partial charge on any atom is -0.496 e. The Kier molecular flexibility index (Phi) is 8.48. The Morgan fingerprint density at radius 2 is 1.78 bits per heavy atom. The number of carbonyl (C=O) groups is 4. The van der Waals surface area contributed by atoms with E-state index in [1.807, 2.05) is 61.2 Å². The molecule has 1 spiro atoms. The minimum atomic E-state index is -3.21. The number of hydrogen-bond acceptors (Lipinski definition) is 12. The Bertz CT molecular complexity index is 2460. The van der Waals surface area contributed by atoms with E-state index in [1.54, 1.807) is 18.0 Å². The summed E-state index contributed by atoms with van der Waals surface area (Å²) in [5.41, 5.74) is -4.88. The predicted molar refractivity (Wildman–Crippen MR) is 221 cm³/mol. The number of piperidine rings is 1. The molecule has 60 heavy (non-hydrogen) atoms. The fourth-order valence-electron chi connectivity index (χ4n) is 13.2. The van der Waals surface area contributed by atoms with Gasteiger partial charge in [0.25, 0.3) is 0 Å². The number of amides is 1. The van der Waals surface area contributed by atoms with Gasteiger partial charge >= 0.3 is 17.9 Å². The van der Waals surface area contributed by atoms with E-state index in [0.717, 1.165) is 5.39 Å². The molecule has 1 aliphatic carbocycles. The predicted octanol–water partition coefficient (Wildman–Crippen LogP) is 3.52. The zero-order valence-electron chi connectivity index (χ0n) is 38.0. The van der Waals surface area contributed by atoms with Crippen LogP contribution in [0.15, 0.2) is 48.6 Å². The van der Waals surface area contributed by atoms with Crippen molar-refractivity contribution < 1.29 is 52.5 Å². The van der Waals surface area contributed by atoms with Gasteiger partial charge < -0.3 is 43.9 Å². The molecule has 2 saturated heterocycles. The molecule has 2 aromatic carbocycles. The first-order valence-corrected chi connectivity index (χ1v) is 21.0. The lowest BCUT2D eigenvalue weighted by Gasteiger charge is -2.63. The fourth-order valence-corrected chi connectivity index (χ4v) is 13.2. The Balaban J connectivity index is 1.39. The largest absolute Gasteiger partial charge is 0.496 e. The summed E-state index contributed by atoms with van der Waals surface area (Å²) in [4.78, 5) is 67.0. The van der Waals surface area contributed by atoms with Crippen LogP contribution in [0.2, 0.25) is 0 Å². The van der Waals surface area contributed by atoms with E-state index in [1.165, 1.54) is 21.1 Å². The molecule has 1 amide bonds. The number of benzene rings is 2. The second kappa shape index (κ2) is 13.8. The molecule has 6 aliphatic rings. The number of nitrogens with one attached hydrogen (secondary N) is 1. The highest BCUT2D eigenvalue weighted by molar-refractivity contribution is 5.96. The van der Waals surface area contributed by atoms with Crippen LogP contribution in [0.1, 0.15) is 79.4 Å². The number of carbonyl (C=O) groups excluding carboxylic acids is 4. The standard InChI is InChI=1S/C46H56N4O10/c1-8-42(55)23-27-24-45(40(53)58-6,35-29(15-19-50(25-42)36(27)52)28-13-10-11-14-32(28)47-35)31-21-30-33(22-34(31)57-5)48(4)38-44(30)17-20-49-18-12-16-43(9-2,37(44)49)39(60-26(3)51)46(38,56)41(54)59-7/h10-14,16,21-22,27,37-39,47,55-56H,8-9,15,17-20,23-25H2,1-7H3/t27-,37+,38-,39-,42+,43-,44-,45+,46+/m1/s1/i6D3. The number of aromatic nitrogens is 1. The van der Waals surface area contributed by atoms with E-state index < -0.39 is 76.5 Å². The quantitative estimate of drug-likeness (QED) is 0.180. The summed E-state index contributed by atoms with van der Waals surface area (Å²) in [6.45, 7) is 6.44. The Morgan fingerprint density at radius 3 is 2.48 bits per heavy atom. The van der Waals surface area contributed by atoms with Crippen LogP contribution in [0.25, 0.3) is 10.9 Å². The average molecular weight is 828 g/mol. The van der Waals surface area contributed by atoms with Gasteiger partial charge in [-0.05, 0) is 68.3 Å². The Hall–Kier alpha value is -4.92. The summed E-state index contributed by atoms with van der Waals surface area (Å²) < 4.78 is 48.2. The summed E-state index contributed by atoms with van der Waals surface area (Å²) in [6, 6.07) is 9.53. The topological polar surface area (TPSA) is 171 Å². The van der Waals surface area contributed by atoms with E-state index in [-0.39, 0.29) is 49.6 Å². The van der Waals surface area contributed by atoms with Crippen LogP contribution in [0, 0.1) is 11.3 Å². The highest BCUT2D eigenvalue weighted by atomic mass is 16.6. The second-order valence-electron chi connectivity index (χ2n) is 18.0. The van der Waals surface area contributed by atoms with Crippen molar-refractivity contribution in [3.63, 3.8) is 0 Å². The maximum Gasteiger partial charge on any atom is 0.344 e. The van der Waals surface area contributed by atoms with Gasteiger partial charge in [0, 0.05) is 90.3 Å². The second-order valence-corrected chi connectivity index (χ2v) is 18.0. The first kappa shape index (κ1) is 36.9. The van der Waals surface area contributed by atoms with Crippen LogP contribution in [0.3, 0.4) is 0 Å². The van der Waals surface area contributed by atoms with Crippen molar-refractivity contribution in [2.45, 2.75) is 99.5 Å². The Morgan fingerprint density at radius 1 is 1.00 bits per heavy atom. The monoisotopic (exact) mass is 827 g/mol. The number of para-hydroxylation sites is 1. The van der Waals surface area contributed by atoms with Crippen LogP contribution < -0.4 is 9.64 Å². The molecule has 1 saturated carbocycles. The number of methoxy groups -OCH3 is 3. The van der Waals surface area contributed by atoms with Crippen molar-refractivity contribution in [1.29, 1.82) is 0 Å². The van der Waals surface area contributed by atoms with Crippen molar-refractivity contribution in [1.82, 2.24) is 14.8 Å². The van der Waals surface area contributed by atoms with Gasteiger partial charge in [-0.1, -0.05) is 44.2 Å². The molecule has 2 bridgehead atoms. The number of likely N-dealkylation sites (N-methyl/N-ethyl adjacent to an activating group) is 1. The molecule has 0 radical (unpaired) electrons. The lowest BCUT2D eigenvalue weighted by atomic mass is 9.47. The minimum absolute atomic E-state index is 0.00524. The molecule has 3 N–H and O–H groups in total. The molecule has 14 nitrogen and oxygen atoms in total. The summed E-state index contributed by atoms with van der Waals surface area (Å²) >= 11 is 0.